The maximum Gasteiger partial charge on any atom is 0.341 e. The molecule has 0 spiro atoms. The first-order valence-electron chi connectivity index (χ1n) is 7.48. The minimum Gasteiger partial charge on any atom is -0.482 e. The molecular weight excluding hydrogens is 286 g/mol. The van der Waals surface area contributed by atoms with Gasteiger partial charge in [0.15, 0.2) is 6.61 Å². The van der Waals surface area contributed by atoms with Gasteiger partial charge in [0.1, 0.15) is 5.75 Å². The predicted octanol–water partition coefficient (Wildman–Crippen LogP) is 1.40. The molecule has 1 aliphatic heterocycles. The Morgan fingerprint density at radius 2 is 2.18 bits per heavy atom. The first-order chi connectivity index (χ1) is 10.6. The first kappa shape index (κ1) is 14.8. The Morgan fingerprint density at radius 3 is 2.91 bits per heavy atom. The van der Waals surface area contributed by atoms with E-state index in [0.29, 0.717) is 37.0 Å². The van der Waals surface area contributed by atoms with Crippen LogP contribution in [-0.4, -0.2) is 54.3 Å². The van der Waals surface area contributed by atoms with Crippen LogP contribution in [0.1, 0.15) is 23.2 Å². The molecule has 0 bridgehead atoms. The van der Waals surface area contributed by atoms with Crippen molar-refractivity contribution < 1.29 is 24.2 Å². The summed E-state index contributed by atoms with van der Waals surface area (Å²) >= 11 is 0. The SMILES string of the molecule is O=C(O)COc1cccc(C(=O)N2CCOCC2C2CC2)c1. The quantitative estimate of drug-likeness (QED) is 0.890. The third kappa shape index (κ3) is 3.39. The van der Waals surface area contributed by atoms with E-state index in [1.807, 2.05) is 4.90 Å². The molecule has 1 aromatic carbocycles. The van der Waals surface area contributed by atoms with Crippen molar-refractivity contribution in [1.82, 2.24) is 4.90 Å². The van der Waals surface area contributed by atoms with E-state index in [1.165, 1.54) is 0 Å². The normalized spacial score (nSPS) is 21.5. The number of rotatable bonds is 5. The van der Waals surface area contributed by atoms with Gasteiger partial charge in [-0.1, -0.05) is 6.07 Å². The van der Waals surface area contributed by atoms with E-state index in [9.17, 15) is 9.59 Å². The van der Waals surface area contributed by atoms with Gasteiger partial charge < -0.3 is 19.5 Å². The molecule has 1 atom stereocenters. The van der Waals surface area contributed by atoms with Crippen molar-refractivity contribution in [3.05, 3.63) is 29.8 Å². The van der Waals surface area contributed by atoms with Crippen molar-refractivity contribution in [2.45, 2.75) is 18.9 Å². The highest BCUT2D eigenvalue weighted by atomic mass is 16.5. The number of carboxylic acids is 1. The summed E-state index contributed by atoms with van der Waals surface area (Å²) in [5.41, 5.74) is 0.524. The molecule has 1 heterocycles. The first-order valence-corrected chi connectivity index (χ1v) is 7.48. The van der Waals surface area contributed by atoms with Crippen LogP contribution >= 0.6 is 0 Å². The Labute approximate surface area is 128 Å². The fraction of sp³-hybridized carbons (Fsp3) is 0.500. The Bertz CT molecular complexity index is 569. The lowest BCUT2D eigenvalue weighted by atomic mass is 10.1. The third-order valence-corrected chi connectivity index (χ3v) is 4.04. The molecule has 22 heavy (non-hydrogen) atoms. The highest BCUT2D eigenvalue weighted by molar-refractivity contribution is 5.95. The van der Waals surface area contributed by atoms with E-state index in [0.717, 1.165) is 12.8 Å². The number of hydrogen-bond donors (Lipinski definition) is 1. The van der Waals surface area contributed by atoms with Crippen LogP contribution in [0, 0.1) is 5.92 Å². The predicted molar refractivity (Wildman–Crippen MR) is 77.9 cm³/mol. The minimum atomic E-state index is -1.04. The van der Waals surface area contributed by atoms with E-state index in [4.69, 9.17) is 14.6 Å². The molecular formula is C16H19NO5. The fourth-order valence-electron chi connectivity index (χ4n) is 2.78. The van der Waals surface area contributed by atoms with Crippen LogP contribution in [0.2, 0.25) is 0 Å². The Hall–Kier alpha value is -2.08. The van der Waals surface area contributed by atoms with Crippen LogP contribution in [0.15, 0.2) is 24.3 Å². The maximum absolute atomic E-state index is 12.7. The summed E-state index contributed by atoms with van der Waals surface area (Å²) in [4.78, 5) is 25.2. The Balaban J connectivity index is 1.73. The van der Waals surface area contributed by atoms with Gasteiger partial charge in [-0.3, -0.25) is 4.79 Å². The lowest BCUT2D eigenvalue weighted by Crippen LogP contribution is -2.49. The molecule has 1 unspecified atom stereocenters. The summed E-state index contributed by atoms with van der Waals surface area (Å²) < 4.78 is 10.6. The van der Waals surface area contributed by atoms with Crippen molar-refractivity contribution >= 4 is 11.9 Å². The average molecular weight is 305 g/mol. The molecule has 1 saturated carbocycles. The van der Waals surface area contributed by atoms with Crippen molar-refractivity contribution in [1.29, 1.82) is 0 Å². The van der Waals surface area contributed by atoms with Crippen molar-refractivity contribution in [2.24, 2.45) is 5.92 Å². The number of carbonyl (C=O) groups excluding carboxylic acids is 1. The molecule has 1 aromatic rings. The molecule has 1 aliphatic carbocycles. The van der Waals surface area contributed by atoms with Gasteiger partial charge in [-0.2, -0.15) is 0 Å². The molecule has 118 valence electrons. The monoisotopic (exact) mass is 305 g/mol. The van der Waals surface area contributed by atoms with E-state index < -0.39 is 12.6 Å². The van der Waals surface area contributed by atoms with Crippen molar-refractivity contribution in [3.63, 3.8) is 0 Å². The summed E-state index contributed by atoms with van der Waals surface area (Å²) in [6.07, 6.45) is 2.30. The van der Waals surface area contributed by atoms with Crippen LogP contribution in [0.25, 0.3) is 0 Å². The summed E-state index contributed by atoms with van der Waals surface area (Å²) in [6, 6.07) is 6.85. The Kier molecular flexibility index (Phi) is 4.29. The zero-order valence-electron chi connectivity index (χ0n) is 12.2. The number of carboxylic acid groups (broad SMARTS) is 1. The highest BCUT2D eigenvalue weighted by Gasteiger charge is 2.39. The Morgan fingerprint density at radius 1 is 1.36 bits per heavy atom. The topological polar surface area (TPSA) is 76.1 Å². The van der Waals surface area contributed by atoms with Crippen molar-refractivity contribution in [2.75, 3.05) is 26.4 Å². The zero-order chi connectivity index (χ0) is 15.5. The van der Waals surface area contributed by atoms with E-state index in [-0.39, 0.29) is 11.9 Å². The molecule has 1 saturated heterocycles. The largest absolute Gasteiger partial charge is 0.482 e. The molecule has 6 heteroatoms. The van der Waals surface area contributed by atoms with E-state index >= 15 is 0 Å². The second kappa shape index (κ2) is 6.36. The molecule has 2 fully saturated rings. The number of hydrogen-bond acceptors (Lipinski definition) is 4. The molecule has 3 rings (SSSR count). The number of nitrogens with zero attached hydrogens (tertiary/aromatic N) is 1. The number of carbonyl (C=O) groups is 2. The van der Waals surface area contributed by atoms with E-state index in [1.54, 1.807) is 24.3 Å². The molecule has 2 aliphatic rings. The van der Waals surface area contributed by atoms with Gasteiger partial charge in [0.2, 0.25) is 0 Å². The van der Waals surface area contributed by atoms with Crippen LogP contribution in [0.5, 0.6) is 5.75 Å². The van der Waals surface area contributed by atoms with Gasteiger partial charge in [0.05, 0.1) is 19.3 Å². The third-order valence-electron chi connectivity index (χ3n) is 4.04. The molecule has 1 amide bonds. The lowest BCUT2D eigenvalue weighted by Gasteiger charge is -2.36. The minimum absolute atomic E-state index is 0.0408. The van der Waals surface area contributed by atoms with Gasteiger partial charge in [0, 0.05) is 12.1 Å². The second-order valence-electron chi connectivity index (χ2n) is 5.69. The number of ether oxygens (including phenoxy) is 2. The van der Waals surface area contributed by atoms with Crippen LogP contribution < -0.4 is 4.74 Å². The summed E-state index contributed by atoms with van der Waals surface area (Å²) in [7, 11) is 0. The van der Waals surface area contributed by atoms with Gasteiger partial charge in [-0.15, -0.1) is 0 Å². The molecule has 6 nitrogen and oxygen atoms in total. The van der Waals surface area contributed by atoms with Crippen LogP contribution in [0.4, 0.5) is 0 Å². The molecule has 0 aromatic heterocycles. The van der Waals surface area contributed by atoms with Gasteiger partial charge in [0.25, 0.3) is 5.91 Å². The van der Waals surface area contributed by atoms with Gasteiger partial charge in [-0.05, 0) is 37.0 Å². The summed E-state index contributed by atoms with van der Waals surface area (Å²) in [5.74, 6) is -0.139. The van der Waals surface area contributed by atoms with Gasteiger partial charge >= 0.3 is 5.97 Å². The maximum atomic E-state index is 12.7. The second-order valence-corrected chi connectivity index (χ2v) is 5.69. The number of amides is 1. The summed E-state index contributed by atoms with van der Waals surface area (Å²) in [6.45, 7) is 1.34. The number of benzene rings is 1. The van der Waals surface area contributed by atoms with Crippen LogP contribution in [0.3, 0.4) is 0 Å². The van der Waals surface area contributed by atoms with Crippen molar-refractivity contribution in [3.8, 4) is 5.75 Å². The number of aliphatic carboxylic acids is 1. The highest BCUT2D eigenvalue weighted by Crippen LogP contribution is 2.37. The summed E-state index contributed by atoms with van der Waals surface area (Å²) in [5, 5.41) is 8.65. The zero-order valence-corrected chi connectivity index (χ0v) is 12.2. The lowest BCUT2D eigenvalue weighted by molar-refractivity contribution is -0.139. The van der Waals surface area contributed by atoms with Gasteiger partial charge in [-0.25, -0.2) is 4.79 Å². The standard InChI is InChI=1S/C16H19NO5/c18-15(19)10-22-13-3-1-2-12(8-13)16(20)17-6-7-21-9-14(17)11-4-5-11/h1-3,8,11,14H,4-7,9-10H2,(H,18,19). The average Bonchev–Trinajstić information content (AvgIpc) is 3.37. The smallest absolute Gasteiger partial charge is 0.341 e. The van der Waals surface area contributed by atoms with Crippen LogP contribution in [-0.2, 0) is 9.53 Å². The van der Waals surface area contributed by atoms with E-state index in [2.05, 4.69) is 0 Å². The number of morpholine rings is 1. The molecule has 0 radical (unpaired) electrons. The molecule has 1 N–H and O–H groups in total. The fourth-order valence-corrected chi connectivity index (χ4v) is 2.78.